The Bertz CT molecular complexity index is 398. The van der Waals surface area contributed by atoms with Crippen LogP contribution in [0, 0.1) is 5.92 Å². The van der Waals surface area contributed by atoms with Gasteiger partial charge in [0.15, 0.2) is 0 Å². The SMILES string of the molecule is CCc1cc(CS(=O)CC2CNC2)n(CC)n1. The summed E-state index contributed by atoms with van der Waals surface area (Å²) in [6, 6.07) is 2.10. The van der Waals surface area contributed by atoms with Gasteiger partial charge >= 0.3 is 0 Å². The van der Waals surface area contributed by atoms with E-state index < -0.39 is 10.8 Å². The van der Waals surface area contributed by atoms with E-state index in [4.69, 9.17) is 0 Å². The third-order valence-electron chi connectivity index (χ3n) is 3.17. The summed E-state index contributed by atoms with van der Waals surface area (Å²) in [7, 11) is -0.751. The van der Waals surface area contributed by atoms with Gasteiger partial charge in [-0.25, -0.2) is 0 Å². The van der Waals surface area contributed by atoms with E-state index in [-0.39, 0.29) is 0 Å². The van der Waals surface area contributed by atoms with Crippen molar-refractivity contribution in [3.63, 3.8) is 0 Å². The average molecular weight is 255 g/mol. The molecule has 1 N–H and O–H groups in total. The predicted octanol–water partition coefficient (Wildman–Crippen LogP) is 0.933. The van der Waals surface area contributed by atoms with Gasteiger partial charge < -0.3 is 5.32 Å². The summed E-state index contributed by atoms with van der Waals surface area (Å²) in [4.78, 5) is 0. The van der Waals surface area contributed by atoms with Crippen LogP contribution in [-0.2, 0) is 29.5 Å². The summed E-state index contributed by atoms with van der Waals surface area (Å²) < 4.78 is 14.0. The summed E-state index contributed by atoms with van der Waals surface area (Å²) in [6.45, 7) is 7.09. The molecular weight excluding hydrogens is 234 g/mol. The molecule has 5 heteroatoms. The van der Waals surface area contributed by atoms with Crippen molar-refractivity contribution in [2.45, 2.75) is 32.6 Å². The van der Waals surface area contributed by atoms with Crippen molar-refractivity contribution in [1.82, 2.24) is 15.1 Å². The zero-order valence-electron chi connectivity index (χ0n) is 10.6. The van der Waals surface area contributed by atoms with Crippen molar-refractivity contribution in [3.05, 3.63) is 17.5 Å². The highest BCUT2D eigenvalue weighted by Gasteiger charge is 2.20. The third-order valence-corrected chi connectivity index (χ3v) is 4.63. The van der Waals surface area contributed by atoms with E-state index in [9.17, 15) is 4.21 Å². The van der Waals surface area contributed by atoms with Crippen LogP contribution in [0.3, 0.4) is 0 Å². The molecule has 0 aliphatic carbocycles. The Morgan fingerprint density at radius 3 is 2.82 bits per heavy atom. The van der Waals surface area contributed by atoms with Crippen molar-refractivity contribution in [2.75, 3.05) is 18.8 Å². The summed E-state index contributed by atoms with van der Waals surface area (Å²) in [6.07, 6.45) is 0.944. The molecule has 0 amide bonds. The minimum atomic E-state index is -0.751. The first kappa shape index (κ1) is 12.8. The fraction of sp³-hybridized carbons (Fsp3) is 0.750. The highest BCUT2D eigenvalue weighted by atomic mass is 32.2. The molecule has 1 aliphatic heterocycles. The first-order chi connectivity index (χ1) is 8.22. The zero-order chi connectivity index (χ0) is 12.3. The lowest BCUT2D eigenvalue weighted by Crippen LogP contribution is -2.44. The van der Waals surface area contributed by atoms with Crippen LogP contribution in [0.2, 0.25) is 0 Å². The Morgan fingerprint density at radius 1 is 1.53 bits per heavy atom. The highest BCUT2D eigenvalue weighted by Crippen LogP contribution is 2.12. The topological polar surface area (TPSA) is 46.9 Å². The second-order valence-electron chi connectivity index (χ2n) is 4.57. The van der Waals surface area contributed by atoms with Gasteiger partial charge in [0.1, 0.15) is 0 Å². The zero-order valence-corrected chi connectivity index (χ0v) is 11.4. The smallest absolute Gasteiger partial charge is 0.0656 e. The van der Waals surface area contributed by atoms with Crippen LogP contribution >= 0.6 is 0 Å². The normalized spacial score (nSPS) is 18.0. The van der Waals surface area contributed by atoms with Crippen molar-refractivity contribution < 1.29 is 4.21 Å². The van der Waals surface area contributed by atoms with Crippen LogP contribution < -0.4 is 5.32 Å². The molecule has 0 spiro atoms. The van der Waals surface area contributed by atoms with Crippen molar-refractivity contribution in [1.29, 1.82) is 0 Å². The Balaban J connectivity index is 1.96. The van der Waals surface area contributed by atoms with Crippen LogP contribution in [-0.4, -0.2) is 32.8 Å². The molecule has 1 saturated heterocycles. The van der Waals surface area contributed by atoms with E-state index >= 15 is 0 Å². The number of hydrogen-bond acceptors (Lipinski definition) is 3. The van der Waals surface area contributed by atoms with Gasteiger partial charge in [-0.05, 0) is 25.3 Å². The van der Waals surface area contributed by atoms with E-state index in [1.54, 1.807) is 0 Å². The molecule has 1 fully saturated rings. The van der Waals surface area contributed by atoms with Gasteiger partial charge in [0.25, 0.3) is 0 Å². The quantitative estimate of drug-likeness (QED) is 0.823. The maximum absolute atomic E-state index is 12.0. The standard InChI is InChI=1S/C12H21N3OS/c1-3-11-5-12(15(4-2)14-11)9-17(16)8-10-6-13-7-10/h5,10,13H,3-4,6-9H2,1-2H3. The van der Waals surface area contributed by atoms with Gasteiger partial charge in [0.05, 0.1) is 17.1 Å². The lowest BCUT2D eigenvalue weighted by molar-refractivity contribution is 0.382. The molecule has 4 nitrogen and oxygen atoms in total. The molecule has 0 radical (unpaired) electrons. The van der Waals surface area contributed by atoms with Gasteiger partial charge in [-0.2, -0.15) is 5.10 Å². The van der Waals surface area contributed by atoms with Gasteiger partial charge in [0.2, 0.25) is 0 Å². The molecule has 96 valence electrons. The Hall–Kier alpha value is -0.680. The van der Waals surface area contributed by atoms with E-state index in [1.807, 2.05) is 4.68 Å². The van der Waals surface area contributed by atoms with Crippen LogP contribution in [0.4, 0.5) is 0 Å². The maximum atomic E-state index is 12.0. The van der Waals surface area contributed by atoms with Gasteiger partial charge in [-0.15, -0.1) is 0 Å². The molecule has 1 aromatic rings. The average Bonchev–Trinajstić information content (AvgIpc) is 2.66. The van der Waals surface area contributed by atoms with Crippen LogP contribution in [0.1, 0.15) is 25.2 Å². The van der Waals surface area contributed by atoms with Crippen molar-refractivity contribution in [3.8, 4) is 0 Å². The summed E-state index contributed by atoms with van der Waals surface area (Å²) >= 11 is 0. The third kappa shape index (κ3) is 3.16. The maximum Gasteiger partial charge on any atom is 0.0656 e. The molecule has 2 heterocycles. The van der Waals surface area contributed by atoms with Gasteiger partial charge in [0, 0.05) is 36.2 Å². The second-order valence-corrected chi connectivity index (χ2v) is 6.07. The van der Waals surface area contributed by atoms with Crippen LogP contribution in [0.5, 0.6) is 0 Å². The van der Waals surface area contributed by atoms with Crippen molar-refractivity contribution >= 4 is 10.8 Å². The van der Waals surface area contributed by atoms with E-state index in [0.29, 0.717) is 11.7 Å². The summed E-state index contributed by atoms with van der Waals surface area (Å²) in [5.41, 5.74) is 2.22. The van der Waals surface area contributed by atoms with Crippen LogP contribution in [0.25, 0.3) is 0 Å². The fourth-order valence-corrected chi connectivity index (χ4v) is 3.47. The Labute approximate surface area is 105 Å². The van der Waals surface area contributed by atoms with Gasteiger partial charge in [-0.3, -0.25) is 8.89 Å². The monoisotopic (exact) mass is 255 g/mol. The fourth-order valence-electron chi connectivity index (χ4n) is 2.03. The molecule has 2 rings (SSSR count). The molecule has 0 bridgehead atoms. The Kier molecular flexibility index (Phi) is 4.34. The lowest BCUT2D eigenvalue weighted by Gasteiger charge is -2.26. The number of hydrogen-bond donors (Lipinski definition) is 1. The summed E-state index contributed by atoms with van der Waals surface area (Å²) in [5.74, 6) is 2.08. The number of aromatic nitrogens is 2. The highest BCUT2D eigenvalue weighted by molar-refractivity contribution is 7.84. The number of aryl methyl sites for hydroxylation is 2. The van der Waals surface area contributed by atoms with Crippen molar-refractivity contribution in [2.24, 2.45) is 5.92 Å². The molecule has 1 atom stereocenters. The predicted molar refractivity (Wildman–Crippen MR) is 70.4 cm³/mol. The molecule has 1 aromatic heterocycles. The number of nitrogens with zero attached hydrogens (tertiary/aromatic N) is 2. The first-order valence-corrected chi connectivity index (χ1v) is 7.83. The van der Waals surface area contributed by atoms with E-state index in [1.165, 1.54) is 0 Å². The molecule has 0 saturated carbocycles. The molecule has 17 heavy (non-hydrogen) atoms. The molecule has 0 aromatic carbocycles. The Morgan fingerprint density at radius 2 is 2.29 bits per heavy atom. The first-order valence-electron chi connectivity index (χ1n) is 6.34. The van der Waals surface area contributed by atoms with Crippen LogP contribution in [0.15, 0.2) is 6.07 Å². The lowest BCUT2D eigenvalue weighted by atomic mass is 10.1. The minimum Gasteiger partial charge on any atom is -0.316 e. The second kappa shape index (κ2) is 5.78. The molecule has 1 unspecified atom stereocenters. The molecular formula is C12H21N3OS. The largest absolute Gasteiger partial charge is 0.316 e. The minimum absolute atomic E-state index is 0.611. The van der Waals surface area contributed by atoms with E-state index in [0.717, 1.165) is 43.2 Å². The number of rotatable bonds is 6. The summed E-state index contributed by atoms with van der Waals surface area (Å²) in [5, 5.41) is 7.70. The van der Waals surface area contributed by atoms with Gasteiger partial charge in [-0.1, -0.05) is 6.92 Å². The van der Waals surface area contributed by atoms with E-state index in [2.05, 4.69) is 30.3 Å². The number of nitrogens with one attached hydrogen (secondary N) is 1. The molecule has 1 aliphatic rings.